The predicted molar refractivity (Wildman–Crippen MR) is 117 cm³/mol. The maximum Gasteiger partial charge on any atom is 0.235 e. The van der Waals surface area contributed by atoms with Crippen molar-refractivity contribution >= 4 is 39.3 Å². The number of hydrogen-bond acceptors (Lipinski definition) is 3. The maximum atomic E-state index is 13.1. The molecule has 0 aromatic heterocycles. The van der Waals surface area contributed by atoms with Crippen molar-refractivity contribution in [3.05, 3.63) is 63.6 Å². The molecular weight excluding hydrogens is 420 g/mol. The van der Waals surface area contributed by atoms with Gasteiger partial charge in [0.1, 0.15) is 0 Å². The molecule has 1 N–H and O–H groups in total. The van der Waals surface area contributed by atoms with E-state index in [-0.39, 0.29) is 11.3 Å². The highest BCUT2D eigenvalue weighted by atomic mass is 79.9. The van der Waals surface area contributed by atoms with Gasteiger partial charge < -0.3 is 5.32 Å². The van der Waals surface area contributed by atoms with E-state index in [2.05, 4.69) is 63.4 Å². The molecule has 2 aromatic carbocycles. The van der Waals surface area contributed by atoms with Crippen molar-refractivity contribution in [1.29, 1.82) is 0 Å². The van der Waals surface area contributed by atoms with Crippen LogP contribution in [-0.2, 0) is 16.8 Å². The Balaban J connectivity index is 1.50. The van der Waals surface area contributed by atoms with Gasteiger partial charge in [-0.05, 0) is 54.7 Å². The van der Waals surface area contributed by atoms with Crippen molar-refractivity contribution < 1.29 is 4.79 Å². The Morgan fingerprint density at radius 1 is 1.19 bits per heavy atom. The number of halogens is 1. The van der Waals surface area contributed by atoms with Gasteiger partial charge in [0, 0.05) is 41.3 Å². The van der Waals surface area contributed by atoms with Crippen molar-refractivity contribution in [2.75, 3.05) is 29.9 Å². The number of rotatable bonds is 5. The Kier molecular flexibility index (Phi) is 5.62. The molecule has 4 rings (SSSR count). The summed E-state index contributed by atoms with van der Waals surface area (Å²) in [6, 6.07) is 14.6. The average molecular weight is 445 g/mol. The lowest BCUT2D eigenvalue weighted by Gasteiger charge is -2.26. The van der Waals surface area contributed by atoms with Crippen LogP contribution >= 0.6 is 27.7 Å². The number of aryl methyl sites for hydroxylation is 1. The first kappa shape index (κ1) is 19.0. The van der Waals surface area contributed by atoms with E-state index in [1.165, 1.54) is 17.1 Å². The Hall–Kier alpha value is -1.30. The summed E-state index contributed by atoms with van der Waals surface area (Å²) < 4.78 is 1.02. The first-order chi connectivity index (χ1) is 13.1. The Morgan fingerprint density at radius 2 is 1.96 bits per heavy atom. The highest BCUT2D eigenvalue weighted by Crippen LogP contribution is 2.49. The molecule has 2 aromatic rings. The molecule has 0 radical (unpaired) electrons. The molecule has 0 unspecified atom stereocenters. The third-order valence-electron chi connectivity index (χ3n) is 5.62. The van der Waals surface area contributed by atoms with E-state index in [0.717, 1.165) is 53.8 Å². The zero-order valence-electron chi connectivity index (χ0n) is 15.6. The van der Waals surface area contributed by atoms with Gasteiger partial charge in [-0.3, -0.25) is 9.69 Å². The van der Waals surface area contributed by atoms with Crippen molar-refractivity contribution in [2.24, 2.45) is 0 Å². The predicted octanol–water partition coefficient (Wildman–Crippen LogP) is 4.98. The van der Waals surface area contributed by atoms with Crippen LogP contribution in [-0.4, -0.2) is 35.4 Å². The zero-order valence-corrected chi connectivity index (χ0v) is 18.0. The average Bonchev–Trinajstić information content (AvgIpc) is 3.47. The first-order valence-electron chi connectivity index (χ1n) is 9.54. The molecule has 1 heterocycles. The van der Waals surface area contributed by atoms with Gasteiger partial charge in [-0.1, -0.05) is 40.2 Å². The van der Waals surface area contributed by atoms with Gasteiger partial charge in [-0.25, -0.2) is 0 Å². The second-order valence-electron chi connectivity index (χ2n) is 7.58. The summed E-state index contributed by atoms with van der Waals surface area (Å²) in [5.74, 6) is 2.55. The lowest BCUT2D eigenvalue weighted by molar-refractivity contribution is -0.118. The number of hydrogen-bond donors (Lipinski definition) is 1. The van der Waals surface area contributed by atoms with Crippen LogP contribution in [0.25, 0.3) is 0 Å². The van der Waals surface area contributed by atoms with E-state index in [1.54, 1.807) is 0 Å². The van der Waals surface area contributed by atoms with E-state index >= 15 is 0 Å². The van der Waals surface area contributed by atoms with E-state index in [1.807, 2.05) is 23.9 Å². The van der Waals surface area contributed by atoms with Crippen molar-refractivity contribution in [3.8, 4) is 0 Å². The van der Waals surface area contributed by atoms with E-state index in [0.29, 0.717) is 0 Å². The number of nitrogens with zero attached hydrogens (tertiary/aromatic N) is 1. The van der Waals surface area contributed by atoms with E-state index in [9.17, 15) is 4.79 Å². The Morgan fingerprint density at radius 3 is 2.67 bits per heavy atom. The molecule has 2 aliphatic rings. The number of thioether (sulfide) groups is 1. The normalized spacial score (nSPS) is 18.9. The topological polar surface area (TPSA) is 32.3 Å². The van der Waals surface area contributed by atoms with Crippen molar-refractivity contribution in [1.82, 2.24) is 4.90 Å². The summed E-state index contributed by atoms with van der Waals surface area (Å²) in [7, 11) is 0. The molecule has 5 heteroatoms. The number of nitrogens with one attached hydrogen (secondary N) is 1. The fraction of sp³-hybridized carbons (Fsp3) is 0.409. The van der Waals surface area contributed by atoms with Crippen LogP contribution in [0.15, 0.2) is 46.9 Å². The number of amides is 1. The molecular formula is C22H25BrN2OS. The van der Waals surface area contributed by atoms with Gasteiger partial charge in [-0.2, -0.15) is 11.8 Å². The first-order valence-corrected chi connectivity index (χ1v) is 11.5. The third-order valence-corrected chi connectivity index (χ3v) is 7.06. The second-order valence-corrected chi connectivity index (χ2v) is 9.72. The fourth-order valence-electron chi connectivity index (χ4n) is 3.72. The summed E-state index contributed by atoms with van der Waals surface area (Å²) in [6.45, 7) is 5.31. The summed E-state index contributed by atoms with van der Waals surface area (Å²) in [5, 5.41) is 3.23. The third kappa shape index (κ3) is 4.25. The largest absolute Gasteiger partial charge is 0.325 e. The fourth-order valence-corrected chi connectivity index (χ4v) is 5.10. The molecule has 0 atom stereocenters. The van der Waals surface area contributed by atoms with Gasteiger partial charge >= 0.3 is 0 Å². The number of benzene rings is 2. The van der Waals surface area contributed by atoms with Gasteiger partial charge in [-0.15, -0.1) is 0 Å². The quantitative estimate of drug-likeness (QED) is 0.705. The van der Waals surface area contributed by atoms with Crippen LogP contribution in [0.4, 0.5) is 5.69 Å². The van der Waals surface area contributed by atoms with Crippen LogP contribution in [0, 0.1) is 6.92 Å². The molecule has 0 spiro atoms. The molecule has 142 valence electrons. The molecule has 3 nitrogen and oxygen atoms in total. The minimum Gasteiger partial charge on any atom is -0.325 e. The second kappa shape index (κ2) is 7.98. The van der Waals surface area contributed by atoms with Crippen LogP contribution in [0.5, 0.6) is 0 Å². The van der Waals surface area contributed by atoms with E-state index in [4.69, 9.17) is 0 Å². The van der Waals surface area contributed by atoms with Crippen LogP contribution in [0.1, 0.15) is 29.5 Å². The van der Waals surface area contributed by atoms with Crippen LogP contribution in [0.2, 0.25) is 0 Å². The molecule has 27 heavy (non-hydrogen) atoms. The lowest BCUT2D eigenvalue weighted by Crippen LogP contribution is -2.32. The maximum absolute atomic E-state index is 13.1. The summed E-state index contributed by atoms with van der Waals surface area (Å²) in [4.78, 5) is 15.6. The Labute approximate surface area is 174 Å². The van der Waals surface area contributed by atoms with Gasteiger partial charge in [0.05, 0.1) is 5.41 Å². The Bertz CT molecular complexity index is 844. The highest BCUT2D eigenvalue weighted by Gasteiger charge is 2.51. The molecule has 1 aliphatic carbocycles. The molecule has 2 fully saturated rings. The molecule has 1 saturated carbocycles. The lowest BCUT2D eigenvalue weighted by atomic mass is 9.94. The van der Waals surface area contributed by atoms with Crippen molar-refractivity contribution in [3.63, 3.8) is 0 Å². The minimum absolute atomic E-state index is 0.121. The summed E-state index contributed by atoms with van der Waals surface area (Å²) in [5.41, 5.74) is 4.08. The van der Waals surface area contributed by atoms with Crippen LogP contribution < -0.4 is 5.32 Å². The van der Waals surface area contributed by atoms with Crippen LogP contribution in [0.3, 0.4) is 0 Å². The van der Waals surface area contributed by atoms with E-state index < -0.39 is 0 Å². The zero-order chi connectivity index (χ0) is 18.9. The van der Waals surface area contributed by atoms with Crippen molar-refractivity contribution in [2.45, 2.75) is 31.7 Å². The molecule has 1 saturated heterocycles. The number of carbonyl (C=O) groups is 1. The molecule has 1 aliphatic heterocycles. The minimum atomic E-state index is -0.365. The van der Waals surface area contributed by atoms with Gasteiger partial charge in [0.15, 0.2) is 0 Å². The number of anilines is 1. The SMILES string of the molecule is Cc1ccc(CN2CCSCC2)cc1NC(=O)C1(c2cccc(Br)c2)CC1. The highest BCUT2D eigenvalue weighted by molar-refractivity contribution is 9.10. The molecule has 0 bridgehead atoms. The van der Waals surface area contributed by atoms with Gasteiger partial charge in [0.25, 0.3) is 0 Å². The van der Waals surface area contributed by atoms with Gasteiger partial charge in [0.2, 0.25) is 5.91 Å². The smallest absolute Gasteiger partial charge is 0.235 e. The standard InChI is InChI=1S/C22H25BrN2OS/c1-16-5-6-17(15-25-9-11-27-12-10-25)13-20(16)24-21(26)22(7-8-22)18-3-2-4-19(23)14-18/h2-6,13-14H,7-12,15H2,1H3,(H,24,26). The summed E-state index contributed by atoms with van der Waals surface area (Å²) in [6.07, 6.45) is 1.83. The molecule has 1 amide bonds. The number of carbonyl (C=O) groups excluding carboxylic acids is 1. The summed E-state index contributed by atoms with van der Waals surface area (Å²) >= 11 is 5.56. The monoisotopic (exact) mass is 444 g/mol.